The summed E-state index contributed by atoms with van der Waals surface area (Å²) in [6, 6.07) is 38.5. The van der Waals surface area contributed by atoms with E-state index in [0.717, 1.165) is 21.5 Å². The number of esters is 1. The Balaban J connectivity index is 1.90. The summed E-state index contributed by atoms with van der Waals surface area (Å²) in [6.07, 6.45) is -0.748. The number of carbonyl (C=O) groups is 2. The van der Waals surface area contributed by atoms with E-state index in [1.54, 1.807) is 0 Å². The summed E-state index contributed by atoms with van der Waals surface area (Å²) in [7, 11) is -1.58. The highest BCUT2D eigenvalue weighted by molar-refractivity contribution is 8.00. The topological polar surface area (TPSA) is 64.6 Å². The lowest BCUT2D eigenvalue weighted by molar-refractivity contribution is -0.135. The smallest absolute Gasteiger partial charge is 0.410 e. The van der Waals surface area contributed by atoms with Gasteiger partial charge in [0.2, 0.25) is 0 Å². The highest BCUT2D eigenvalue weighted by Crippen LogP contribution is 2.63. The van der Waals surface area contributed by atoms with Crippen molar-refractivity contribution >= 4 is 47.9 Å². The van der Waals surface area contributed by atoms with Gasteiger partial charge in [0, 0.05) is 0 Å². The molecule has 4 rings (SSSR count). The molecule has 7 heteroatoms. The number of rotatable bonds is 8. The summed E-state index contributed by atoms with van der Waals surface area (Å²) in [6.45, 7) is 0.0686. The summed E-state index contributed by atoms with van der Waals surface area (Å²) in [5, 5.41) is 5.51. The van der Waals surface area contributed by atoms with Crippen LogP contribution in [0, 0.1) is 0 Å². The Hall–Kier alpha value is -3.99. The van der Waals surface area contributed by atoms with E-state index >= 15 is 0 Å². The van der Waals surface area contributed by atoms with Gasteiger partial charge in [0.25, 0.3) is 0 Å². The molecule has 0 fully saturated rings. The van der Waals surface area contributed by atoms with Crippen molar-refractivity contribution in [3.63, 3.8) is 0 Å². The van der Waals surface area contributed by atoms with Gasteiger partial charge in [-0.05, 0) is 42.0 Å². The van der Waals surface area contributed by atoms with E-state index in [-0.39, 0.29) is 17.0 Å². The van der Waals surface area contributed by atoms with Gasteiger partial charge in [-0.2, -0.15) is 0 Å². The molecule has 4 aromatic carbocycles. The average molecular weight is 528 g/mol. The maximum Gasteiger partial charge on any atom is 0.410 e. The molecule has 0 saturated heterocycles. The van der Waals surface area contributed by atoms with Crippen LogP contribution in [-0.4, -0.2) is 19.2 Å². The molecule has 1 amide bonds. The molecule has 0 aliphatic rings. The Morgan fingerprint density at radius 1 is 0.703 bits per heavy atom. The Morgan fingerprint density at radius 3 is 1.51 bits per heavy atom. The number of methoxy groups -OCH3 is 1. The van der Waals surface area contributed by atoms with Crippen molar-refractivity contribution in [2.24, 2.45) is 0 Å². The van der Waals surface area contributed by atoms with Crippen molar-refractivity contribution in [1.29, 1.82) is 0 Å². The van der Waals surface area contributed by atoms with Crippen LogP contribution in [0.5, 0.6) is 0 Å². The van der Waals surface area contributed by atoms with Crippen LogP contribution >= 0.6 is 7.26 Å². The van der Waals surface area contributed by atoms with Gasteiger partial charge >= 0.3 is 12.1 Å². The van der Waals surface area contributed by atoms with Crippen LogP contribution in [0.3, 0.4) is 0 Å². The monoisotopic (exact) mass is 527 g/mol. The number of nitrogens with one attached hydrogen (secondary N) is 1. The minimum Gasteiger partial charge on any atom is -0.758 e. The first-order valence-corrected chi connectivity index (χ1v) is 13.8. The minimum absolute atomic E-state index is 0.0326. The molecular formula is C30H26NO4PS. The van der Waals surface area contributed by atoms with E-state index in [2.05, 4.69) is 5.32 Å². The Bertz CT molecular complexity index is 1270. The minimum atomic E-state index is -2.89. The van der Waals surface area contributed by atoms with E-state index in [4.69, 9.17) is 22.1 Å². The van der Waals surface area contributed by atoms with Crippen molar-refractivity contribution in [3.8, 4) is 0 Å². The van der Waals surface area contributed by atoms with E-state index in [9.17, 15) is 9.59 Å². The maximum atomic E-state index is 13.6. The second kappa shape index (κ2) is 12.3. The first-order chi connectivity index (χ1) is 18.1. The van der Waals surface area contributed by atoms with Gasteiger partial charge < -0.3 is 27.4 Å². The van der Waals surface area contributed by atoms with Crippen LogP contribution in [0.1, 0.15) is 5.56 Å². The highest BCUT2D eigenvalue weighted by atomic mass is 32.1. The standard InChI is InChI=1S/C30H26NO4PS/c1-34-29(32)27(28(37)31-30(33)35-22-23-14-6-2-7-15-23)36(24-16-8-3-9-17-24,25-18-10-4-11-19-25)26-20-12-5-13-21-26/h2-21H,22H2,1H3,(H-,31,32,33,37). The first kappa shape index (κ1) is 26.1. The molecule has 5 nitrogen and oxygen atoms in total. The van der Waals surface area contributed by atoms with Gasteiger partial charge in [-0.25, -0.2) is 9.59 Å². The van der Waals surface area contributed by atoms with Crippen molar-refractivity contribution in [1.82, 2.24) is 5.32 Å². The summed E-state index contributed by atoms with van der Waals surface area (Å²) >= 11 is 5.75. The third-order valence-corrected chi connectivity index (χ3v) is 10.5. The van der Waals surface area contributed by atoms with E-state index in [1.807, 2.05) is 121 Å². The van der Waals surface area contributed by atoms with Gasteiger partial charge in [-0.1, -0.05) is 90.0 Å². The summed E-state index contributed by atoms with van der Waals surface area (Å²) in [4.78, 5) is 26.4. The van der Waals surface area contributed by atoms with E-state index in [1.165, 1.54) is 7.11 Å². The average Bonchev–Trinajstić information content (AvgIpc) is 2.96. The van der Waals surface area contributed by atoms with E-state index < -0.39 is 19.3 Å². The molecule has 0 aliphatic heterocycles. The maximum absolute atomic E-state index is 13.6. The van der Waals surface area contributed by atoms with Gasteiger partial charge in [0.1, 0.15) is 22.5 Å². The van der Waals surface area contributed by atoms with Crippen molar-refractivity contribution in [2.45, 2.75) is 6.61 Å². The molecule has 0 radical (unpaired) electrons. The molecule has 0 aromatic heterocycles. The molecule has 0 unspecified atom stereocenters. The van der Waals surface area contributed by atoms with Crippen LogP contribution in [0.15, 0.2) is 132 Å². The molecular weight excluding hydrogens is 501 g/mol. The number of hydrogen-bond acceptors (Lipinski definition) is 5. The van der Waals surface area contributed by atoms with Crippen molar-refractivity contribution in [3.05, 3.63) is 137 Å². The van der Waals surface area contributed by atoms with Gasteiger partial charge in [-0.15, -0.1) is 0 Å². The number of benzene rings is 4. The predicted octanol–water partition coefficient (Wildman–Crippen LogP) is 4.80. The zero-order valence-electron chi connectivity index (χ0n) is 20.2. The largest absolute Gasteiger partial charge is 0.758 e. The lowest BCUT2D eigenvalue weighted by Crippen LogP contribution is -2.37. The molecule has 37 heavy (non-hydrogen) atoms. The second-order valence-electron chi connectivity index (χ2n) is 8.03. The third-order valence-electron chi connectivity index (χ3n) is 5.79. The molecule has 4 aromatic rings. The fourth-order valence-corrected chi connectivity index (χ4v) is 9.01. The van der Waals surface area contributed by atoms with Crippen LogP contribution in [0.2, 0.25) is 0 Å². The molecule has 1 N–H and O–H groups in total. The van der Waals surface area contributed by atoms with Crippen LogP contribution in [-0.2, 0) is 33.5 Å². The lowest BCUT2D eigenvalue weighted by Gasteiger charge is -2.31. The molecule has 0 aliphatic carbocycles. The molecule has 0 saturated carbocycles. The van der Waals surface area contributed by atoms with Gasteiger partial charge in [-0.3, -0.25) is 0 Å². The fraction of sp³-hybridized carbons (Fsp3) is 0.0667. The summed E-state index contributed by atoms with van der Waals surface area (Å²) < 4.78 is 10.7. The normalized spacial score (nSPS) is 11.7. The SMILES string of the molecule is COC(=O)/C(=C(/[S-])NC(=O)OCc1ccccc1)[P+](c1ccccc1)(c1ccccc1)c1ccccc1. The molecule has 0 bridgehead atoms. The molecule has 0 spiro atoms. The zero-order valence-corrected chi connectivity index (χ0v) is 22.0. The second-order valence-corrected chi connectivity index (χ2v) is 11.8. The van der Waals surface area contributed by atoms with Gasteiger partial charge in [0.15, 0.2) is 12.6 Å². The number of alkyl carbamates (subject to hydrolysis) is 1. The molecule has 186 valence electrons. The third kappa shape index (κ3) is 5.72. The van der Waals surface area contributed by atoms with Crippen LogP contribution in [0.25, 0.3) is 0 Å². The number of hydrogen-bond donors (Lipinski definition) is 1. The fourth-order valence-electron chi connectivity index (χ4n) is 4.18. The summed E-state index contributed by atoms with van der Waals surface area (Å²) in [5.74, 6) is -0.613. The number of amides is 1. The quantitative estimate of drug-likeness (QED) is 0.154. The van der Waals surface area contributed by atoms with Crippen molar-refractivity contribution in [2.75, 3.05) is 7.11 Å². The Kier molecular flexibility index (Phi) is 8.68. The Morgan fingerprint density at radius 2 is 1.11 bits per heavy atom. The van der Waals surface area contributed by atoms with Crippen molar-refractivity contribution < 1.29 is 19.1 Å². The highest BCUT2D eigenvalue weighted by Gasteiger charge is 2.53. The summed E-state index contributed by atoms with van der Waals surface area (Å²) in [5.41, 5.74) is 0.834. The number of ether oxygens (including phenoxy) is 2. The lowest BCUT2D eigenvalue weighted by atomic mass is 10.2. The first-order valence-electron chi connectivity index (χ1n) is 11.6. The van der Waals surface area contributed by atoms with Gasteiger partial charge in [0.05, 0.1) is 7.11 Å². The molecule has 0 atom stereocenters. The molecule has 0 heterocycles. The predicted molar refractivity (Wildman–Crippen MR) is 151 cm³/mol. The zero-order chi connectivity index (χ0) is 26.1. The van der Waals surface area contributed by atoms with Crippen LogP contribution < -0.4 is 21.2 Å². The number of carbonyl (C=O) groups excluding carboxylic acids is 2. The van der Waals surface area contributed by atoms with Crippen LogP contribution in [0.4, 0.5) is 4.79 Å². The Labute approximate surface area is 222 Å². The van der Waals surface area contributed by atoms with E-state index in [0.29, 0.717) is 0 Å².